The second-order valence-electron chi connectivity index (χ2n) is 7.17. The number of nitrogens with zero attached hydrogens (tertiary/aromatic N) is 1. The van der Waals surface area contributed by atoms with E-state index >= 15 is 0 Å². The molecule has 0 unspecified atom stereocenters. The maximum absolute atomic E-state index is 4.31. The van der Waals surface area contributed by atoms with Gasteiger partial charge in [-0.15, -0.1) is 0 Å². The Bertz CT molecular complexity index is 232. The van der Waals surface area contributed by atoms with Crippen LogP contribution in [0.1, 0.15) is 67.2 Å². The Kier molecular flexibility index (Phi) is 6.29. The summed E-state index contributed by atoms with van der Waals surface area (Å²) in [6.45, 7) is 19.3. The van der Waals surface area contributed by atoms with Crippen molar-refractivity contribution < 1.29 is 0 Å². The third-order valence-electron chi connectivity index (χ3n) is 3.59. The van der Waals surface area contributed by atoms with Crippen molar-refractivity contribution in [2.75, 3.05) is 13.6 Å². The zero-order chi connectivity index (χ0) is 13.7. The average Bonchev–Trinajstić information content (AvgIpc) is 2.21. The van der Waals surface area contributed by atoms with Crippen LogP contribution in [0.5, 0.6) is 0 Å². The highest BCUT2D eigenvalue weighted by Gasteiger charge is 2.26. The molecular weight excluding hydrogens is 206 g/mol. The minimum Gasteiger partial charge on any atom is -0.378 e. The molecule has 0 fully saturated rings. The Labute approximate surface area is 109 Å². The van der Waals surface area contributed by atoms with Gasteiger partial charge in [-0.05, 0) is 24.7 Å². The third-order valence-corrected chi connectivity index (χ3v) is 3.59. The molecule has 0 aliphatic heterocycles. The summed E-state index contributed by atoms with van der Waals surface area (Å²) in [7, 11) is 2.18. The van der Waals surface area contributed by atoms with E-state index in [0.717, 1.165) is 6.54 Å². The van der Waals surface area contributed by atoms with E-state index in [1.54, 1.807) is 0 Å². The van der Waals surface area contributed by atoms with Crippen molar-refractivity contribution in [1.29, 1.82) is 0 Å². The lowest BCUT2D eigenvalue weighted by Gasteiger charge is -2.36. The van der Waals surface area contributed by atoms with Crippen molar-refractivity contribution >= 4 is 0 Å². The highest BCUT2D eigenvalue weighted by Crippen LogP contribution is 2.36. The molecular formula is C16H33N. The van der Waals surface area contributed by atoms with Crippen LogP contribution in [0.3, 0.4) is 0 Å². The molecule has 102 valence electrons. The monoisotopic (exact) mass is 239 g/mol. The normalized spacial score (nSPS) is 12.6. The summed E-state index contributed by atoms with van der Waals surface area (Å²) in [5, 5.41) is 0. The molecule has 1 heteroatoms. The van der Waals surface area contributed by atoms with Gasteiger partial charge in [0, 0.05) is 24.7 Å². The third kappa shape index (κ3) is 6.75. The van der Waals surface area contributed by atoms with E-state index < -0.39 is 0 Å². The van der Waals surface area contributed by atoms with E-state index in [4.69, 9.17) is 0 Å². The van der Waals surface area contributed by atoms with E-state index in [2.05, 4.69) is 60.1 Å². The summed E-state index contributed by atoms with van der Waals surface area (Å²) in [5.74, 6) is 0. The van der Waals surface area contributed by atoms with Crippen LogP contribution in [0, 0.1) is 10.8 Å². The van der Waals surface area contributed by atoms with E-state index in [1.807, 2.05) is 0 Å². The fourth-order valence-corrected chi connectivity index (χ4v) is 1.88. The molecule has 0 bridgehead atoms. The van der Waals surface area contributed by atoms with Crippen molar-refractivity contribution in [3.05, 3.63) is 12.3 Å². The standard InChI is InChI=1S/C16H33N/c1-9-10-13-17(8)14(2)16(6,7)12-11-15(3,4)5/h2,9-13H2,1,3-8H3. The van der Waals surface area contributed by atoms with Crippen LogP contribution in [-0.4, -0.2) is 18.5 Å². The molecule has 0 aromatic heterocycles. The first kappa shape index (κ1) is 16.5. The number of unbranched alkanes of at least 4 members (excludes halogenated alkanes) is 1. The first-order valence-corrected chi connectivity index (χ1v) is 7.00. The van der Waals surface area contributed by atoms with Crippen LogP contribution in [-0.2, 0) is 0 Å². The van der Waals surface area contributed by atoms with E-state index in [1.165, 1.54) is 31.4 Å². The van der Waals surface area contributed by atoms with Crippen molar-refractivity contribution in [3.8, 4) is 0 Å². The molecule has 0 amide bonds. The number of rotatable bonds is 7. The van der Waals surface area contributed by atoms with Gasteiger partial charge in [-0.1, -0.05) is 54.5 Å². The second kappa shape index (κ2) is 6.47. The summed E-state index contributed by atoms with van der Waals surface area (Å²) >= 11 is 0. The molecule has 0 N–H and O–H groups in total. The lowest BCUT2D eigenvalue weighted by Crippen LogP contribution is -2.30. The second-order valence-corrected chi connectivity index (χ2v) is 7.17. The Hall–Kier alpha value is -0.460. The van der Waals surface area contributed by atoms with Crippen LogP contribution in [0.2, 0.25) is 0 Å². The van der Waals surface area contributed by atoms with Crippen LogP contribution in [0.25, 0.3) is 0 Å². The summed E-state index contributed by atoms with van der Waals surface area (Å²) < 4.78 is 0. The van der Waals surface area contributed by atoms with Crippen molar-refractivity contribution in [2.45, 2.75) is 67.2 Å². The molecule has 0 saturated carbocycles. The number of allylic oxidation sites excluding steroid dienone is 1. The van der Waals surface area contributed by atoms with Gasteiger partial charge < -0.3 is 4.90 Å². The predicted molar refractivity (Wildman–Crippen MR) is 79.1 cm³/mol. The van der Waals surface area contributed by atoms with Crippen molar-refractivity contribution in [2.24, 2.45) is 10.8 Å². The van der Waals surface area contributed by atoms with E-state index in [-0.39, 0.29) is 5.41 Å². The molecule has 1 nitrogen and oxygen atoms in total. The Morgan fingerprint density at radius 3 is 2.00 bits per heavy atom. The lowest BCUT2D eigenvalue weighted by molar-refractivity contribution is 0.235. The van der Waals surface area contributed by atoms with Gasteiger partial charge in [0.25, 0.3) is 0 Å². The van der Waals surface area contributed by atoms with Gasteiger partial charge in [0.1, 0.15) is 0 Å². The van der Waals surface area contributed by atoms with E-state index in [9.17, 15) is 0 Å². The van der Waals surface area contributed by atoms with Gasteiger partial charge in [-0.2, -0.15) is 0 Å². The maximum Gasteiger partial charge on any atom is 0.0171 e. The molecule has 0 aromatic rings. The first-order valence-electron chi connectivity index (χ1n) is 7.00. The van der Waals surface area contributed by atoms with Crippen molar-refractivity contribution in [3.63, 3.8) is 0 Å². The minimum atomic E-state index is 0.218. The fraction of sp³-hybridized carbons (Fsp3) is 0.875. The molecule has 0 heterocycles. The average molecular weight is 239 g/mol. The molecule has 0 aliphatic rings. The van der Waals surface area contributed by atoms with Crippen LogP contribution < -0.4 is 0 Å². The topological polar surface area (TPSA) is 3.24 Å². The SMILES string of the molecule is C=C(N(C)CCCC)C(C)(C)CCC(C)(C)C. The van der Waals surface area contributed by atoms with Gasteiger partial charge in [0.2, 0.25) is 0 Å². The molecule has 0 radical (unpaired) electrons. The molecule has 0 saturated heterocycles. The summed E-state index contributed by atoms with van der Waals surface area (Å²) in [6, 6.07) is 0. The van der Waals surface area contributed by atoms with Crippen molar-refractivity contribution in [1.82, 2.24) is 4.90 Å². The van der Waals surface area contributed by atoms with Crippen LogP contribution >= 0.6 is 0 Å². The molecule has 0 aliphatic carbocycles. The Morgan fingerprint density at radius 2 is 1.59 bits per heavy atom. The lowest BCUT2D eigenvalue weighted by atomic mass is 9.78. The van der Waals surface area contributed by atoms with Gasteiger partial charge in [-0.3, -0.25) is 0 Å². The highest BCUT2D eigenvalue weighted by molar-refractivity contribution is 5.05. The molecule has 0 spiro atoms. The quantitative estimate of drug-likeness (QED) is 0.598. The molecule has 0 aromatic carbocycles. The summed E-state index contributed by atoms with van der Waals surface area (Å²) in [4.78, 5) is 2.34. The van der Waals surface area contributed by atoms with Gasteiger partial charge in [0.05, 0.1) is 0 Å². The summed E-state index contributed by atoms with van der Waals surface area (Å²) in [6.07, 6.45) is 4.97. The smallest absolute Gasteiger partial charge is 0.0171 e. The first-order chi connectivity index (χ1) is 7.60. The van der Waals surface area contributed by atoms with Crippen LogP contribution in [0.4, 0.5) is 0 Å². The number of hydrogen-bond donors (Lipinski definition) is 0. The van der Waals surface area contributed by atoms with Gasteiger partial charge >= 0.3 is 0 Å². The maximum atomic E-state index is 4.31. The Morgan fingerprint density at radius 1 is 1.06 bits per heavy atom. The van der Waals surface area contributed by atoms with Gasteiger partial charge in [-0.25, -0.2) is 0 Å². The minimum absolute atomic E-state index is 0.218. The zero-order valence-corrected chi connectivity index (χ0v) is 13.2. The summed E-state index contributed by atoms with van der Waals surface area (Å²) in [5.41, 5.74) is 1.92. The van der Waals surface area contributed by atoms with Crippen LogP contribution in [0.15, 0.2) is 12.3 Å². The number of hydrogen-bond acceptors (Lipinski definition) is 1. The molecule has 17 heavy (non-hydrogen) atoms. The largest absolute Gasteiger partial charge is 0.378 e. The zero-order valence-electron chi connectivity index (χ0n) is 13.2. The Balaban J connectivity index is 4.33. The highest BCUT2D eigenvalue weighted by atomic mass is 15.1. The fourth-order valence-electron chi connectivity index (χ4n) is 1.88. The van der Waals surface area contributed by atoms with Gasteiger partial charge in [0.15, 0.2) is 0 Å². The molecule has 0 rings (SSSR count). The van der Waals surface area contributed by atoms with E-state index in [0.29, 0.717) is 5.41 Å². The predicted octanol–water partition coefficient (Wildman–Crippen LogP) is 5.08. The molecule has 0 atom stereocenters.